The van der Waals surface area contributed by atoms with E-state index in [1.54, 1.807) is 26.5 Å². The Morgan fingerprint density at radius 2 is 2.00 bits per heavy atom. The minimum Gasteiger partial charge on any atom is -0.497 e. The van der Waals surface area contributed by atoms with Gasteiger partial charge in [-0.15, -0.1) is 0 Å². The van der Waals surface area contributed by atoms with Gasteiger partial charge in [0.25, 0.3) is 5.91 Å². The van der Waals surface area contributed by atoms with Gasteiger partial charge in [0.15, 0.2) is 0 Å². The third-order valence-corrected chi connectivity index (χ3v) is 4.94. The van der Waals surface area contributed by atoms with Gasteiger partial charge in [-0.3, -0.25) is 9.59 Å². The molecule has 168 valence electrons. The van der Waals surface area contributed by atoms with Crippen LogP contribution < -0.4 is 15.5 Å². The Balaban J connectivity index is 1.54. The molecule has 2 amide bonds. The average Bonchev–Trinajstić information content (AvgIpc) is 3.21. The Morgan fingerprint density at radius 1 is 1.12 bits per heavy atom. The Kier molecular flexibility index (Phi) is 8.39. The van der Waals surface area contributed by atoms with Gasteiger partial charge in [0.05, 0.1) is 19.9 Å². The van der Waals surface area contributed by atoms with Gasteiger partial charge >= 0.3 is 0 Å². The lowest BCUT2D eigenvalue weighted by Crippen LogP contribution is -2.26. The van der Waals surface area contributed by atoms with Crippen molar-refractivity contribution in [2.75, 3.05) is 27.4 Å². The number of benzene rings is 2. The molecule has 32 heavy (non-hydrogen) atoms. The second-order valence-electron chi connectivity index (χ2n) is 7.20. The molecule has 0 saturated heterocycles. The summed E-state index contributed by atoms with van der Waals surface area (Å²) in [5.41, 5.74) is 4.92. The third-order valence-electron chi connectivity index (χ3n) is 4.94. The molecule has 8 nitrogen and oxygen atoms in total. The van der Waals surface area contributed by atoms with E-state index in [1.807, 2.05) is 48.7 Å². The summed E-state index contributed by atoms with van der Waals surface area (Å²) in [7, 11) is 3.20. The maximum Gasteiger partial charge on any atom is 0.271 e. The van der Waals surface area contributed by atoms with Crippen molar-refractivity contribution in [2.45, 2.75) is 19.4 Å². The standard InChI is InChI=1S/C24H28N4O4/c1-31-14-11-25-23(29)7-4-12-28-13-10-19-16-20(8-9-22(19)28)24(30)27-26-17-18-5-3-6-21(15-18)32-2/h3,5-6,8-10,13,15-17H,4,7,11-12,14H2,1-2H3,(H,25,29)(H,27,30). The van der Waals surface area contributed by atoms with Crippen LogP contribution in [0.4, 0.5) is 0 Å². The first-order valence-electron chi connectivity index (χ1n) is 10.4. The number of nitrogens with one attached hydrogen (secondary N) is 2. The summed E-state index contributed by atoms with van der Waals surface area (Å²) < 4.78 is 12.2. The summed E-state index contributed by atoms with van der Waals surface area (Å²) in [6.07, 6.45) is 4.72. The molecule has 0 aliphatic rings. The molecule has 0 radical (unpaired) electrons. The first-order valence-corrected chi connectivity index (χ1v) is 10.4. The first kappa shape index (κ1) is 23.0. The minimum absolute atomic E-state index is 0.0203. The number of methoxy groups -OCH3 is 2. The number of hydrogen-bond acceptors (Lipinski definition) is 5. The smallest absolute Gasteiger partial charge is 0.271 e. The molecular weight excluding hydrogens is 408 g/mol. The van der Waals surface area contributed by atoms with Crippen molar-refractivity contribution in [3.63, 3.8) is 0 Å². The summed E-state index contributed by atoms with van der Waals surface area (Å²) in [5.74, 6) is 0.459. The molecule has 3 rings (SSSR count). The number of aromatic nitrogens is 1. The first-order chi connectivity index (χ1) is 15.6. The van der Waals surface area contributed by atoms with E-state index in [4.69, 9.17) is 9.47 Å². The molecular formula is C24H28N4O4. The molecule has 3 aromatic rings. The van der Waals surface area contributed by atoms with Crippen molar-refractivity contribution in [3.05, 3.63) is 65.9 Å². The highest BCUT2D eigenvalue weighted by Gasteiger charge is 2.08. The molecule has 0 unspecified atom stereocenters. The summed E-state index contributed by atoms with van der Waals surface area (Å²) >= 11 is 0. The van der Waals surface area contributed by atoms with Gasteiger partial charge in [-0.05, 0) is 48.4 Å². The SMILES string of the molecule is COCCNC(=O)CCCn1ccc2cc(C(=O)NN=Cc3cccc(OC)c3)ccc21. The molecule has 0 aliphatic heterocycles. The Hall–Kier alpha value is -3.65. The van der Waals surface area contributed by atoms with E-state index in [0.29, 0.717) is 25.1 Å². The zero-order valence-corrected chi connectivity index (χ0v) is 18.3. The largest absolute Gasteiger partial charge is 0.497 e. The number of rotatable bonds is 11. The summed E-state index contributed by atoms with van der Waals surface area (Å²) in [4.78, 5) is 24.3. The summed E-state index contributed by atoms with van der Waals surface area (Å²) in [6.45, 7) is 1.75. The van der Waals surface area contributed by atoms with Crippen LogP contribution >= 0.6 is 0 Å². The van der Waals surface area contributed by atoms with Gasteiger partial charge in [-0.1, -0.05) is 12.1 Å². The van der Waals surface area contributed by atoms with Crippen molar-refractivity contribution in [3.8, 4) is 5.75 Å². The fraction of sp³-hybridized carbons (Fsp3) is 0.292. The topological polar surface area (TPSA) is 94.0 Å². The number of carbonyl (C=O) groups is 2. The molecule has 0 aliphatic carbocycles. The number of fused-ring (bicyclic) bond motifs is 1. The van der Waals surface area contributed by atoms with Crippen LogP contribution in [0.3, 0.4) is 0 Å². The van der Waals surface area contributed by atoms with Crippen LogP contribution in [0, 0.1) is 0 Å². The van der Waals surface area contributed by atoms with Crippen LogP contribution in [0.2, 0.25) is 0 Å². The fourth-order valence-electron chi connectivity index (χ4n) is 3.28. The van der Waals surface area contributed by atoms with Crippen molar-refractivity contribution in [1.29, 1.82) is 0 Å². The lowest BCUT2D eigenvalue weighted by Gasteiger charge is -2.07. The monoisotopic (exact) mass is 436 g/mol. The quantitative estimate of drug-likeness (QED) is 0.275. The van der Waals surface area contributed by atoms with Crippen molar-refractivity contribution >= 4 is 28.9 Å². The van der Waals surface area contributed by atoms with Gasteiger partial charge in [0.1, 0.15) is 5.75 Å². The maximum absolute atomic E-state index is 12.5. The normalized spacial score (nSPS) is 11.1. The highest BCUT2D eigenvalue weighted by atomic mass is 16.5. The van der Waals surface area contributed by atoms with E-state index in [9.17, 15) is 9.59 Å². The number of amides is 2. The Labute approximate surface area is 187 Å². The van der Waals surface area contributed by atoms with Crippen molar-refractivity contribution in [2.24, 2.45) is 5.10 Å². The predicted octanol–water partition coefficient (Wildman–Crippen LogP) is 2.96. The number of carbonyl (C=O) groups excluding carboxylic acids is 2. The van der Waals surface area contributed by atoms with Gasteiger partial charge in [0.2, 0.25) is 5.91 Å². The zero-order chi connectivity index (χ0) is 22.8. The van der Waals surface area contributed by atoms with Gasteiger partial charge < -0.3 is 19.4 Å². The number of aryl methyl sites for hydroxylation is 1. The van der Waals surface area contributed by atoms with E-state index in [-0.39, 0.29) is 11.8 Å². The summed E-state index contributed by atoms with van der Waals surface area (Å²) in [6, 6.07) is 14.9. The van der Waals surface area contributed by atoms with E-state index in [0.717, 1.165) is 35.2 Å². The number of nitrogens with zero attached hydrogens (tertiary/aromatic N) is 2. The van der Waals surface area contributed by atoms with Crippen LogP contribution in [0.25, 0.3) is 10.9 Å². The van der Waals surface area contributed by atoms with Crippen molar-refractivity contribution < 1.29 is 19.1 Å². The van der Waals surface area contributed by atoms with Crippen molar-refractivity contribution in [1.82, 2.24) is 15.3 Å². The zero-order valence-electron chi connectivity index (χ0n) is 18.3. The molecule has 0 atom stereocenters. The lowest BCUT2D eigenvalue weighted by atomic mass is 10.1. The highest BCUT2D eigenvalue weighted by Crippen LogP contribution is 2.18. The van der Waals surface area contributed by atoms with Gasteiger partial charge in [-0.25, -0.2) is 5.43 Å². The second-order valence-corrected chi connectivity index (χ2v) is 7.20. The van der Waals surface area contributed by atoms with Gasteiger partial charge in [-0.2, -0.15) is 5.10 Å². The lowest BCUT2D eigenvalue weighted by molar-refractivity contribution is -0.121. The van der Waals surface area contributed by atoms with Crippen LogP contribution in [-0.4, -0.2) is 50.0 Å². The molecule has 2 aromatic carbocycles. The average molecular weight is 437 g/mol. The molecule has 0 saturated carbocycles. The second kappa shape index (κ2) is 11.7. The molecule has 0 spiro atoms. The molecule has 1 heterocycles. The predicted molar refractivity (Wildman–Crippen MR) is 124 cm³/mol. The highest BCUT2D eigenvalue weighted by molar-refractivity contribution is 5.98. The Bertz CT molecular complexity index is 1090. The van der Waals surface area contributed by atoms with Crippen LogP contribution in [0.1, 0.15) is 28.8 Å². The molecule has 2 N–H and O–H groups in total. The molecule has 0 fully saturated rings. The molecule has 1 aromatic heterocycles. The Morgan fingerprint density at radius 3 is 2.81 bits per heavy atom. The van der Waals surface area contributed by atoms with Crippen LogP contribution in [0.5, 0.6) is 5.75 Å². The van der Waals surface area contributed by atoms with Crippen LogP contribution in [0.15, 0.2) is 59.8 Å². The van der Waals surface area contributed by atoms with E-state index in [2.05, 4.69) is 20.4 Å². The number of ether oxygens (including phenoxy) is 2. The fourth-order valence-corrected chi connectivity index (χ4v) is 3.28. The van der Waals surface area contributed by atoms with E-state index < -0.39 is 0 Å². The van der Waals surface area contributed by atoms with Crippen LogP contribution in [-0.2, 0) is 16.1 Å². The molecule has 8 heteroatoms. The van der Waals surface area contributed by atoms with Gasteiger partial charge in [0, 0.05) is 49.3 Å². The summed E-state index contributed by atoms with van der Waals surface area (Å²) in [5, 5.41) is 7.81. The maximum atomic E-state index is 12.5. The third kappa shape index (κ3) is 6.42. The minimum atomic E-state index is -0.286. The number of hydrogen-bond donors (Lipinski definition) is 2. The number of hydrazone groups is 1. The molecule has 0 bridgehead atoms. The van der Waals surface area contributed by atoms with E-state index >= 15 is 0 Å². The van der Waals surface area contributed by atoms with E-state index in [1.165, 1.54) is 0 Å².